The standard InChI is InChI=1S/C11H7N3O2/c12-4-7-3-9-8(1-2-15)10(16)6-14-11(9)13-5-7/h2-3,5-6,8H,1H2. The summed E-state index contributed by atoms with van der Waals surface area (Å²) in [6, 6.07) is 3.50. The quantitative estimate of drug-likeness (QED) is 0.683. The third-order valence-electron chi connectivity index (χ3n) is 2.39. The van der Waals surface area contributed by atoms with Crippen molar-refractivity contribution in [3.8, 4) is 6.07 Å². The molecule has 0 fully saturated rings. The molecular formula is C11H7N3O2. The first-order chi connectivity index (χ1) is 7.76. The van der Waals surface area contributed by atoms with Crippen LogP contribution in [-0.2, 0) is 9.59 Å². The number of hydrogen-bond acceptors (Lipinski definition) is 5. The Morgan fingerprint density at radius 2 is 2.38 bits per heavy atom. The van der Waals surface area contributed by atoms with E-state index in [0.29, 0.717) is 23.2 Å². The first kappa shape index (κ1) is 10.2. The molecule has 0 bridgehead atoms. The van der Waals surface area contributed by atoms with Gasteiger partial charge in [-0.1, -0.05) is 0 Å². The van der Waals surface area contributed by atoms with E-state index in [0.717, 1.165) is 0 Å². The Bertz CT molecular complexity index is 529. The number of carbonyl (C=O) groups excluding carboxylic acids is 2. The van der Waals surface area contributed by atoms with Gasteiger partial charge in [-0.2, -0.15) is 5.26 Å². The van der Waals surface area contributed by atoms with Crippen molar-refractivity contribution >= 4 is 24.1 Å². The summed E-state index contributed by atoms with van der Waals surface area (Å²) in [4.78, 5) is 29.9. The molecule has 2 heterocycles. The number of nitriles is 1. The van der Waals surface area contributed by atoms with Crippen LogP contribution < -0.4 is 0 Å². The summed E-state index contributed by atoms with van der Waals surface area (Å²) in [5.41, 5.74) is 0.915. The third-order valence-corrected chi connectivity index (χ3v) is 2.39. The van der Waals surface area contributed by atoms with Crippen LogP contribution in [0.3, 0.4) is 0 Å². The predicted molar refractivity (Wildman–Crippen MR) is 55.5 cm³/mol. The zero-order valence-corrected chi connectivity index (χ0v) is 8.25. The molecule has 78 valence electrons. The monoisotopic (exact) mass is 213 g/mol. The molecule has 0 radical (unpaired) electrons. The van der Waals surface area contributed by atoms with E-state index in [1.807, 2.05) is 6.07 Å². The van der Waals surface area contributed by atoms with Crippen molar-refractivity contribution in [1.82, 2.24) is 4.98 Å². The molecule has 1 aliphatic heterocycles. The fourth-order valence-corrected chi connectivity index (χ4v) is 1.61. The number of aromatic nitrogens is 1. The predicted octanol–water partition coefficient (Wildman–Crippen LogP) is 0.911. The van der Waals surface area contributed by atoms with Crippen molar-refractivity contribution in [3.05, 3.63) is 23.4 Å². The Hall–Kier alpha value is -2.35. The Labute approximate surface area is 91.4 Å². The van der Waals surface area contributed by atoms with Crippen molar-refractivity contribution in [3.63, 3.8) is 0 Å². The van der Waals surface area contributed by atoms with E-state index in [1.54, 1.807) is 6.07 Å². The summed E-state index contributed by atoms with van der Waals surface area (Å²) in [6.45, 7) is 0. The van der Waals surface area contributed by atoms with Gasteiger partial charge >= 0.3 is 0 Å². The van der Waals surface area contributed by atoms with Gasteiger partial charge in [0.25, 0.3) is 0 Å². The van der Waals surface area contributed by atoms with E-state index < -0.39 is 5.92 Å². The fourth-order valence-electron chi connectivity index (χ4n) is 1.61. The molecule has 1 aromatic heterocycles. The van der Waals surface area contributed by atoms with Gasteiger partial charge in [0.1, 0.15) is 12.4 Å². The van der Waals surface area contributed by atoms with Gasteiger partial charge in [-0.15, -0.1) is 0 Å². The molecule has 0 spiro atoms. The topological polar surface area (TPSA) is 83.2 Å². The van der Waals surface area contributed by atoms with E-state index in [9.17, 15) is 9.59 Å². The maximum Gasteiger partial charge on any atom is 0.181 e. The molecule has 16 heavy (non-hydrogen) atoms. The van der Waals surface area contributed by atoms with Crippen LogP contribution in [0.4, 0.5) is 5.82 Å². The molecule has 0 N–H and O–H groups in total. The van der Waals surface area contributed by atoms with E-state index >= 15 is 0 Å². The highest BCUT2D eigenvalue weighted by molar-refractivity contribution is 6.32. The number of carbonyl (C=O) groups is 2. The van der Waals surface area contributed by atoms with Gasteiger partial charge in [0.05, 0.1) is 17.7 Å². The highest BCUT2D eigenvalue weighted by Gasteiger charge is 2.26. The fraction of sp³-hybridized carbons (Fsp3) is 0.182. The van der Waals surface area contributed by atoms with E-state index in [-0.39, 0.29) is 12.2 Å². The Balaban J connectivity index is 2.54. The molecule has 0 saturated heterocycles. The van der Waals surface area contributed by atoms with Gasteiger partial charge in [0.15, 0.2) is 11.6 Å². The summed E-state index contributed by atoms with van der Waals surface area (Å²) < 4.78 is 0. The Kier molecular flexibility index (Phi) is 2.56. The second-order valence-electron chi connectivity index (χ2n) is 3.36. The molecule has 1 unspecified atom stereocenters. The molecule has 1 aromatic rings. The highest BCUT2D eigenvalue weighted by Crippen LogP contribution is 2.31. The van der Waals surface area contributed by atoms with Crippen molar-refractivity contribution in [2.24, 2.45) is 4.99 Å². The number of aldehydes is 1. The third kappa shape index (κ3) is 1.61. The van der Waals surface area contributed by atoms with Crippen molar-refractivity contribution in [2.45, 2.75) is 12.3 Å². The summed E-state index contributed by atoms with van der Waals surface area (Å²) in [5.74, 6) is -0.368. The summed E-state index contributed by atoms with van der Waals surface area (Å²) in [6.07, 6.45) is 3.35. The molecule has 2 rings (SSSR count). The van der Waals surface area contributed by atoms with Gasteiger partial charge in [-0.3, -0.25) is 4.79 Å². The zero-order chi connectivity index (χ0) is 11.5. The first-order valence-electron chi connectivity index (χ1n) is 4.68. The highest BCUT2D eigenvalue weighted by atomic mass is 16.1. The number of rotatable bonds is 2. The van der Waals surface area contributed by atoms with E-state index in [2.05, 4.69) is 9.98 Å². The lowest BCUT2D eigenvalue weighted by molar-refractivity contribution is -0.116. The summed E-state index contributed by atoms with van der Waals surface area (Å²) in [7, 11) is 0. The summed E-state index contributed by atoms with van der Waals surface area (Å²) >= 11 is 0. The minimum atomic E-state index is -0.550. The number of ketones is 1. The van der Waals surface area contributed by atoms with Gasteiger partial charge in [0, 0.05) is 18.2 Å². The second kappa shape index (κ2) is 4.03. The van der Waals surface area contributed by atoms with Gasteiger partial charge < -0.3 is 4.79 Å². The smallest absolute Gasteiger partial charge is 0.181 e. The first-order valence-corrected chi connectivity index (χ1v) is 4.68. The molecular weight excluding hydrogens is 206 g/mol. The van der Waals surface area contributed by atoms with Crippen LogP contribution in [0, 0.1) is 11.3 Å². The molecule has 0 aliphatic carbocycles. The molecule has 0 saturated carbocycles. The lowest BCUT2D eigenvalue weighted by Gasteiger charge is -2.16. The zero-order valence-electron chi connectivity index (χ0n) is 8.25. The Morgan fingerprint density at radius 1 is 1.56 bits per heavy atom. The number of hydrogen-bond donors (Lipinski definition) is 0. The lowest BCUT2D eigenvalue weighted by atomic mass is 9.90. The van der Waals surface area contributed by atoms with Crippen LogP contribution in [0.2, 0.25) is 0 Å². The molecule has 5 heteroatoms. The van der Waals surface area contributed by atoms with Crippen LogP contribution in [0.25, 0.3) is 0 Å². The average molecular weight is 213 g/mol. The number of pyridine rings is 1. The maximum atomic E-state index is 11.5. The van der Waals surface area contributed by atoms with Gasteiger partial charge in [0.2, 0.25) is 0 Å². The van der Waals surface area contributed by atoms with E-state index in [4.69, 9.17) is 5.26 Å². The second-order valence-corrected chi connectivity index (χ2v) is 3.36. The van der Waals surface area contributed by atoms with Crippen LogP contribution in [0.15, 0.2) is 17.3 Å². The lowest BCUT2D eigenvalue weighted by Crippen LogP contribution is -2.18. The molecule has 1 atom stereocenters. The van der Waals surface area contributed by atoms with Crippen molar-refractivity contribution in [1.29, 1.82) is 5.26 Å². The van der Waals surface area contributed by atoms with Crippen LogP contribution in [-0.4, -0.2) is 23.3 Å². The normalized spacial score (nSPS) is 17.7. The largest absolute Gasteiger partial charge is 0.303 e. The molecule has 0 amide bonds. The van der Waals surface area contributed by atoms with Crippen LogP contribution >= 0.6 is 0 Å². The molecule has 1 aliphatic rings. The van der Waals surface area contributed by atoms with Gasteiger partial charge in [-0.25, -0.2) is 9.98 Å². The molecule has 0 aromatic carbocycles. The number of nitrogens with zero attached hydrogens (tertiary/aromatic N) is 3. The number of aliphatic imine (C=N–C) groups is 1. The average Bonchev–Trinajstić information content (AvgIpc) is 2.32. The van der Waals surface area contributed by atoms with Gasteiger partial charge in [-0.05, 0) is 6.07 Å². The van der Waals surface area contributed by atoms with Crippen molar-refractivity contribution in [2.75, 3.05) is 0 Å². The number of Topliss-reactive ketones (excluding diaryl/α,β-unsaturated/α-hetero) is 1. The molecule has 5 nitrogen and oxygen atoms in total. The maximum absolute atomic E-state index is 11.5. The minimum Gasteiger partial charge on any atom is -0.303 e. The summed E-state index contributed by atoms with van der Waals surface area (Å²) in [5, 5.41) is 8.74. The van der Waals surface area contributed by atoms with E-state index in [1.165, 1.54) is 12.4 Å². The van der Waals surface area contributed by atoms with Crippen LogP contribution in [0.1, 0.15) is 23.5 Å². The van der Waals surface area contributed by atoms with Crippen molar-refractivity contribution < 1.29 is 9.59 Å². The van der Waals surface area contributed by atoms with Crippen LogP contribution in [0.5, 0.6) is 0 Å². The Morgan fingerprint density at radius 3 is 3.06 bits per heavy atom. The number of fused-ring (bicyclic) bond motifs is 1. The minimum absolute atomic E-state index is 0.0917. The SMILES string of the molecule is N#Cc1cnc2c(c1)C(CC=O)C(=O)C=N2.